The Morgan fingerprint density at radius 2 is 0.912 bits per heavy atom. The van der Waals surface area contributed by atoms with E-state index in [1.807, 2.05) is 0 Å². The first-order valence-corrected chi connectivity index (χ1v) is 9.17. The lowest BCUT2D eigenvalue weighted by molar-refractivity contribution is -0.947. The highest BCUT2D eigenvalue weighted by Crippen LogP contribution is 2.60. The standard InChI is InChI=1S/C16H17F17N/c1-34(4-2-3-5-34)11(23)13(26,27)15(30,31)16(32,33)14(28,29)12(24,25)9(20)7(18)6(17)8(19)10(21)22/h6-11H,2-5H2,1H3/q+1. The first kappa shape index (κ1) is 30.8. The fourth-order valence-corrected chi connectivity index (χ4v) is 3.29. The average molecular weight is 546 g/mol. The van der Waals surface area contributed by atoms with Crippen molar-refractivity contribution in [2.24, 2.45) is 0 Å². The molecule has 1 fully saturated rings. The number of likely N-dealkylation sites (tertiary alicyclic amines) is 1. The predicted molar refractivity (Wildman–Crippen MR) is 80.4 cm³/mol. The van der Waals surface area contributed by atoms with Crippen molar-refractivity contribution in [1.29, 1.82) is 0 Å². The maximum absolute atomic E-state index is 14.2. The van der Waals surface area contributed by atoms with Crippen LogP contribution in [-0.4, -0.2) is 91.6 Å². The Balaban J connectivity index is 3.41. The molecule has 18 heteroatoms. The number of halogens is 17. The van der Waals surface area contributed by atoms with Gasteiger partial charge in [-0.2, -0.15) is 48.3 Å². The summed E-state index contributed by atoms with van der Waals surface area (Å²) in [5.74, 6) is -38.0. The summed E-state index contributed by atoms with van der Waals surface area (Å²) in [5.41, 5.74) is 0. The van der Waals surface area contributed by atoms with Crippen LogP contribution in [0.25, 0.3) is 0 Å². The summed E-state index contributed by atoms with van der Waals surface area (Å²) in [5, 5.41) is 0. The molecule has 204 valence electrons. The Morgan fingerprint density at radius 3 is 1.29 bits per heavy atom. The van der Waals surface area contributed by atoms with E-state index in [1.54, 1.807) is 0 Å². The van der Waals surface area contributed by atoms with E-state index in [9.17, 15) is 74.6 Å². The second-order valence-corrected chi connectivity index (χ2v) is 8.01. The zero-order valence-corrected chi connectivity index (χ0v) is 16.7. The van der Waals surface area contributed by atoms with Gasteiger partial charge >= 0.3 is 35.9 Å². The molecule has 0 amide bonds. The van der Waals surface area contributed by atoms with E-state index < -0.39 is 84.6 Å². The molecular formula is C16H17F17N+. The number of quaternary nitrogens is 1. The molecule has 1 aliphatic heterocycles. The van der Waals surface area contributed by atoms with Gasteiger partial charge in [-0.25, -0.2) is 26.3 Å². The number of nitrogens with zero attached hydrogens (tertiary/aromatic N) is 1. The largest absolute Gasteiger partial charge is 0.396 e. The minimum atomic E-state index is -8.02. The molecule has 1 rings (SSSR count). The number of hydrogen-bond donors (Lipinski definition) is 0. The minimum Gasteiger partial charge on any atom is -0.292 e. The molecule has 0 aromatic heterocycles. The van der Waals surface area contributed by atoms with Gasteiger partial charge in [-0.3, -0.25) is 4.48 Å². The average Bonchev–Trinajstić information content (AvgIpc) is 3.17. The van der Waals surface area contributed by atoms with Crippen LogP contribution in [0.2, 0.25) is 0 Å². The second-order valence-electron chi connectivity index (χ2n) is 8.01. The van der Waals surface area contributed by atoms with Gasteiger partial charge in [0.1, 0.15) is 0 Å². The summed E-state index contributed by atoms with van der Waals surface area (Å²) >= 11 is 0. The van der Waals surface area contributed by atoms with Crippen molar-refractivity contribution in [3.63, 3.8) is 0 Å². The summed E-state index contributed by atoms with van der Waals surface area (Å²) in [6.07, 6.45) is -29.0. The Kier molecular flexibility index (Phi) is 8.45. The van der Waals surface area contributed by atoms with Crippen LogP contribution in [0.4, 0.5) is 74.6 Å². The molecule has 5 unspecified atom stereocenters. The van der Waals surface area contributed by atoms with Crippen LogP contribution in [0, 0.1) is 0 Å². The van der Waals surface area contributed by atoms with Gasteiger partial charge in [0.15, 0.2) is 18.5 Å². The SMILES string of the molecule is C[N+]1(C(F)C(F)(F)C(F)(F)C(F)(F)C(F)(F)C(F)(F)C(F)C(F)C(F)C(F)C(F)F)CCCC1. The van der Waals surface area contributed by atoms with Crippen molar-refractivity contribution in [3.8, 4) is 0 Å². The monoisotopic (exact) mass is 546 g/mol. The zero-order chi connectivity index (χ0) is 27.3. The smallest absolute Gasteiger partial charge is 0.292 e. The van der Waals surface area contributed by atoms with Crippen LogP contribution in [0.1, 0.15) is 12.8 Å². The first-order valence-electron chi connectivity index (χ1n) is 9.17. The van der Waals surface area contributed by atoms with Crippen molar-refractivity contribution in [2.75, 3.05) is 20.1 Å². The normalized spacial score (nSPS) is 23.0. The lowest BCUT2D eigenvalue weighted by Gasteiger charge is -2.43. The van der Waals surface area contributed by atoms with Crippen LogP contribution in [0.15, 0.2) is 0 Å². The summed E-state index contributed by atoms with van der Waals surface area (Å²) in [4.78, 5) is 0. The number of alkyl halides is 17. The van der Waals surface area contributed by atoms with Gasteiger partial charge in [-0.05, 0) is 0 Å². The third-order valence-electron chi connectivity index (χ3n) is 5.54. The Morgan fingerprint density at radius 1 is 0.529 bits per heavy atom. The predicted octanol–water partition coefficient (Wildman–Crippen LogP) is 6.32. The van der Waals surface area contributed by atoms with Gasteiger partial charge in [0.25, 0.3) is 6.43 Å². The van der Waals surface area contributed by atoms with E-state index in [2.05, 4.69) is 0 Å². The third kappa shape index (κ3) is 4.51. The highest BCUT2D eigenvalue weighted by molar-refractivity contribution is 5.12. The summed E-state index contributed by atoms with van der Waals surface area (Å²) < 4.78 is 228. The lowest BCUT2D eigenvalue weighted by atomic mass is 9.89. The molecule has 0 N–H and O–H groups in total. The van der Waals surface area contributed by atoms with Crippen LogP contribution in [0.5, 0.6) is 0 Å². The van der Waals surface area contributed by atoms with Gasteiger partial charge in [0.2, 0.25) is 6.17 Å². The van der Waals surface area contributed by atoms with Crippen LogP contribution < -0.4 is 0 Å². The van der Waals surface area contributed by atoms with Crippen molar-refractivity contribution >= 4 is 0 Å². The van der Waals surface area contributed by atoms with Crippen molar-refractivity contribution in [2.45, 2.75) is 79.9 Å². The minimum absolute atomic E-state index is 0.0941. The fourth-order valence-electron chi connectivity index (χ4n) is 3.29. The number of rotatable bonds is 11. The maximum atomic E-state index is 14.2. The molecule has 1 heterocycles. The second kappa shape index (κ2) is 9.33. The van der Waals surface area contributed by atoms with Crippen LogP contribution in [0.3, 0.4) is 0 Å². The van der Waals surface area contributed by atoms with Crippen molar-refractivity contribution in [1.82, 2.24) is 0 Å². The van der Waals surface area contributed by atoms with E-state index in [-0.39, 0.29) is 12.8 Å². The molecule has 0 aromatic carbocycles. The highest BCUT2D eigenvalue weighted by Gasteiger charge is 2.90. The molecule has 0 radical (unpaired) electrons. The lowest BCUT2D eigenvalue weighted by Crippen LogP contribution is -2.73. The molecule has 1 nitrogen and oxygen atoms in total. The van der Waals surface area contributed by atoms with E-state index in [0.717, 1.165) is 0 Å². The molecule has 1 saturated heterocycles. The van der Waals surface area contributed by atoms with E-state index in [4.69, 9.17) is 0 Å². The Hall–Kier alpha value is -1.23. The first-order chi connectivity index (χ1) is 14.9. The molecule has 0 spiro atoms. The summed E-state index contributed by atoms with van der Waals surface area (Å²) in [7, 11) is 0.510. The molecule has 0 aromatic rings. The quantitative estimate of drug-likeness (QED) is 0.162. The summed E-state index contributed by atoms with van der Waals surface area (Å²) in [6.45, 7) is -1.35. The molecule has 0 aliphatic carbocycles. The van der Waals surface area contributed by atoms with Gasteiger partial charge < -0.3 is 0 Å². The van der Waals surface area contributed by atoms with Crippen LogP contribution >= 0.6 is 0 Å². The molecule has 1 aliphatic rings. The molecule has 5 atom stereocenters. The zero-order valence-electron chi connectivity index (χ0n) is 16.7. The molecule has 0 saturated carbocycles. The fraction of sp³-hybridized carbons (Fsp3) is 1.00. The van der Waals surface area contributed by atoms with E-state index >= 15 is 0 Å². The molecular weight excluding hydrogens is 529 g/mol. The van der Waals surface area contributed by atoms with Gasteiger partial charge in [0, 0.05) is 12.8 Å². The molecule has 0 bridgehead atoms. The van der Waals surface area contributed by atoms with Gasteiger partial charge in [0.05, 0.1) is 20.1 Å². The number of hydrogen-bond acceptors (Lipinski definition) is 0. The third-order valence-corrected chi connectivity index (χ3v) is 5.54. The van der Waals surface area contributed by atoms with Crippen molar-refractivity contribution < 1.29 is 79.1 Å². The Labute approximate surface area is 180 Å². The van der Waals surface area contributed by atoms with Crippen molar-refractivity contribution in [3.05, 3.63) is 0 Å². The maximum Gasteiger partial charge on any atom is 0.396 e. The summed E-state index contributed by atoms with van der Waals surface area (Å²) in [6, 6.07) is 0. The molecule has 34 heavy (non-hydrogen) atoms. The highest BCUT2D eigenvalue weighted by atomic mass is 19.4. The topological polar surface area (TPSA) is 0 Å². The van der Waals surface area contributed by atoms with E-state index in [1.165, 1.54) is 0 Å². The van der Waals surface area contributed by atoms with Crippen LogP contribution in [-0.2, 0) is 0 Å². The Bertz CT molecular complexity index is 689. The van der Waals surface area contributed by atoms with E-state index in [0.29, 0.717) is 7.05 Å². The van der Waals surface area contributed by atoms with Gasteiger partial charge in [-0.1, -0.05) is 0 Å². The van der Waals surface area contributed by atoms with Gasteiger partial charge in [-0.15, -0.1) is 0 Å².